The average Bonchev–Trinajstić information content (AvgIpc) is 3.05. The number of anilines is 1. The molecule has 0 unspecified atom stereocenters. The summed E-state index contributed by atoms with van der Waals surface area (Å²) >= 11 is 6.18. The fraction of sp³-hybridized carbons (Fsp3) is 0.217. The summed E-state index contributed by atoms with van der Waals surface area (Å²) in [5, 5.41) is 14.0. The van der Waals surface area contributed by atoms with Crippen molar-refractivity contribution in [1.82, 2.24) is 10.2 Å². The van der Waals surface area contributed by atoms with Gasteiger partial charge in [-0.25, -0.2) is 14.5 Å². The summed E-state index contributed by atoms with van der Waals surface area (Å²) in [4.78, 5) is 49.1. The number of rotatable bonds is 9. The first-order valence-corrected chi connectivity index (χ1v) is 10.6. The van der Waals surface area contributed by atoms with E-state index in [0.29, 0.717) is 17.7 Å². The van der Waals surface area contributed by atoms with E-state index >= 15 is 0 Å². The zero-order chi connectivity index (χ0) is 24.8. The summed E-state index contributed by atoms with van der Waals surface area (Å²) in [7, 11) is 1.34. The molecule has 2 aromatic carbocycles. The van der Waals surface area contributed by atoms with Crippen LogP contribution in [0.5, 0.6) is 11.5 Å². The number of hydrogen-bond donors (Lipinski definition) is 3. The molecule has 2 aromatic rings. The van der Waals surface area contributed by atoms with E-state index in [2.05, 4.69) is 10.6 Å². The molecule has 0 radical (unpaired) electrons. The molecule has 1 saturated heterocycles. The van der Waals surface area contributed by atoms with Gasteiger partial charge in [-0.05, 0) is 41.8 Å². The predicted molar refractivity (Wildman–Crippen MR) is 124 cm³/mol. The number of aliphatic carboxylic acids is 1. The second-order valence-electron chi connectivity index (χ2n) is 7.15. The van der Waals surface area contributed by atoms with Crippen molar-refractivity contribution in [2.75, 3.05) is 25.6 Å². The summed E-state index contributed by atoms with van der Waals surface area (Å²) in [5.41, 5.74) is 1.86. The number of urea groups is 1. The smallest absolute Gasteiger partial charge is 0.341 e. The number of amides is 4. The van der Waals surface area contributed by atoms with Gasteiger partial charge in [-0.3, -0.25) is 9.59 Å². The van der Waals surface area contributed by atoms with E-state index in [1.807, 2.05) is 19.1 Å². The van der Waals surface area contributed by atoms with Crippen molar-refractivity contribution in [2.24, 2.45) is 0 Å². The molecule has 1 aliphatic heterocycles. The standard InChI is InChI=1S/C23H22ClN3O7/c1-3-14-6-4-5-7-16(14)25-19(28)11-27-22(31)17(26-23(27)32)9-13-8-15(24)21(18(10-13)33-2)34-12-20(29)30/h4-10H,3,11-12H2,1-2H3,(H,25,28)(H,26,32)(H,29,30)/b17-9+. The Labute approximate surface area is 200 Å². The molecule has 0 aliphatic carbocycles. The topological polar surface area (TPSA) is 134 Å². The quantitative estimate of drug-likeness (QED) is 0.365. The van der Waals surface area contributed by atoms with Gasteiger partial charge in [-0.1, -0.05) is 36.7 Å². The van der Waals surface area contributed by atoms with Crippen LogP contribution in [0.4, 0.5) is 10.5 Å². The molecule has 0 atom stereocenters. The summed E-state index contributed by atoms with van der Waals surface area (Å²) in [6.07, 6.45) is 2.07. The molecule has 0 spiro atoms. The number of carboxylic acids is 1. The van der Waals surface area contributed by atoms with Crippen LogP contribution in [0.25, 0.3) is 6.08 Å². The number of carbonyl (C=O) groups excluding carboxylic acids is 3. The van der Waals surface area contributed by atoms with Gasteiger partial charge >= 0.3 is 12.0 Å². The van der Waals surface area contributed by atoms with Crippen molar-refractivity contribution in [1.29, 1.82) is 0 Å². The first kappa shape index (κ1) is 24.6. The van der Waals surface area contributed by atoms with Crippen LogP contribution in [0.1, 0.15) is 18.1 Å². The summed E-state index contributed by atoms with van der Waals surface area (Å²) in [5.74, 6) is -2.23. The molecule has 0 aromatic heterocycles. The molecule has 4 amide bonds. The van der Waals surface area contributed by atoms with Gasteiger partial charge in [-0.2, -0.15) is 0 Å². The second kappa shape index (κ2) is 10.7. The maximum absolute atomic E-state index is 12.8. The Kier molecular flexibility index (Phi) is 7.75. The average molecular weight is 488 g/mol. The van der Waals surface area contributed by atoms with E-state index in [9.17, 15) is 19.2 Å². The number of hydrogen-bond acceptors (Lipinski definition) is 6. The fourth-order valence-corrected chi connectivity index (χ4v) is 3.54. The monoisotopic (exact) mass is 487 g/mol. The lowest BCUT2D eigenvalue weighted by molar-refractivity contribution is -0.139. The maximum atomic E-state index is 12.8. The van der Waals surface area contributed by atoms with Crippen LogP contribution >= 0.6 is 11.6 Å². The van der Waals surface area contributed by atoms with Gasteiger partial charge < -0.3 is 25.2 Å². The molecule has 34 heavy (non-hydrogen) atoms. The van der Waals surface area contributed by atoms with Crippen LogP contribution in [-0.4, -0.2) is 54.1 Å². The van der Waals surface area contributed by atoms with E-state index in [4.69, 9.17) is 26.2 Å². The van der Waals surface area contributed by atoms with Crippen molar-refractivity contribution >= 4 is 47.2 Å². The lowest BCUT2D eigenvalue weighted by Crippen LogP contribution is -2.38. The number of imide groups is 1. The number of carboxylic acid groups (broad SMARTS) is 1. The molecule has 0 saturated carbocycles. The number of aryl methyl sites for hydroxylation is 1. The Balaban J connectivity index is 1.76. The summed E-state index contributed by atoms with van der Waals surface area (Å²) in [6.45, 7) is 0.864. The van der Waals surface area contributed by atoms with E-state index in [1.165, 1.54) is 25.3 Å². The van der Waals surface area contributed by atoms with Crippen molar-refractivity contribution < 1.29 is 33.8 Å². The number of para-hydroxylation sites is 1. The number of nitrogens with one attached hydrogen (secondary N) is 2. The highest BCUT2D eigenvalue weighted by molar-refractivity contribution is 6.32. The van der Waals surface area contributed by atoms with Crippen LogP contribution in [0.3, 0.4) is 0 Å². The number of ether oxygens (including phenoxy) is 2. The highest BCUT2D eigenvalue weighted by Gasteiger charge is 2.35. The van der Waals surface area contributed by atoms with Crippen LogP contribution in [0, 0.1) is 0 Å². The van der Waals surface area contributed by atoms with Gasteiger partial charge in [-0.15, -0.1) is 0 Å². The van der Waals surface area contributed by atoms with Gasteiger partial charge in [0.05, 0.1) is 12.1 Å². The number of carbonyl (C=O) groups is 4. The van der Waals surface area contributed by atoms with Crippen LogP contribution in [-0.2, 0) is 20.8 Å². The largest absolute Gasteiger partial charge is 0.493 e. The molecule has 178 valence electrons. The molecule has 1 aliphatic rings. The zero-order valence-electron chi connectivity index (χ0n) is 18.4. The maximum Gasteiger partial charge on any atom is 0.341 e. The van der Waals surface area contributed by atoms with Crippen molar-refractivity contribution in [3.63, 3.8) is 0 Å². The third kappa shape index (κ3) is 5.65. The van der Waals surface area contributed by atoms with E-state index in [0.717, 1.165) is 10.5 Å². The number of nitrogens with zero attached hydrogens (tertiary/aromatic N) is 1. The van der Waals surface area contributed by atoms with Gasteiger partial charge in [0.2, 0.25) is 5.91 Å². The number of halogens is 1. The molecule has 3 rings (SSSR count). The van der Waals surface area contributed by atoms with Gasteiger partial charge in [0.15, 0.2) is 18.1 Å². The van der Waals surface area contributed by atoms with E-state index in [1.54, 1.807) is 12.1 Å². The zero-order valence-corrected chi connectivity index (χ0v) is 19.1. The molecular formula is C23H22ClN3O7. The SMILES string of the molecule is CCc1ccccc1NC(=O)CN1C(=O)N/C(=C/c2cc(Cl)c(OCC(=O)O)c(OC)c2)C1=O. The third-order valence-corrected chi connectivity index (χ3v) is 5.12. The van der Waals surface area contributed by atoms with Crippen molar-refractivity contribution in [2.45, 2.75) is 13.3 Å². The minimum absolute atomic E-state index is 0.0289. The Bertz CT molecular complexity index is 1180. The molecule has 10 nitrogen and oxygen atoms in total. The minimum Gasteiger partial charge on any atom is -0.493 e. The summed E-state index contributed by atoms with van der Waals surface area (Å²) in [6, 6.07) is 9.40. The van der Waals surface area contributed by atoms with Gasteiger partial charge in [0.1, 0.15) is 12.2 Å². The Hall–Kier alpha value is -4.05. The van der Waals surface area contributed by atoms with E-state index in [-0.39, 0.29) is 22.2 Å². The normalized spacial score (nSPS) is 14.2. The molecule has 1 heterocycles. The Morgan fingerprint density at radius 3 is 2.65 bits per heavy atom. The first-order chi connectivity index (χ1) is 16.2. The Morgan fingerprint density at radius 2 is 1.97 bits per heavy atom. The van der Waals surface area contributed by atoms with Crippen molar-refractivity contribution in [3.8, 4) is 11.5 Å². The fourth-order valence-electron chi connectivity index (χ4n) is 3.26. The molecular weight excluding hydrogens is 466 g/mol. The second-order valence-corrected chi connectivity index (χ2v) is 7.56. The summed E-state index contributed by atoms with van der Waals surface area (Å²) < 4.78 is 10.3. The van der Waals surface area contributed by atoms with Crippen LogP contribution in [0.15, 0.2) is 42.1 Å². The molecule has 11 heteroatoms. The minimum atomic E-state index is -1.19. The molecule has 3 N–H and O–H groups in total. The highest BCUT2D eigenvalue weighted by Crippen LogP contribution is 2.37. The van der Waals surface area contributed by atoms with E-state index < -0.39 is 37.0 Å². The highest BCUT2D eigenvalue weighted by atomic mass is 35.5. The number of methoxy groups -OCH3 is 1. The van der Waals surface area contributed by atoms with Crippen molar-refractivity contribution in [3.05, 3.63) is 58.2 Å². The lowest BCUT2D eigenvalue weighted by Gasteiger charge is -2.14. The van der Waals surface area contributed by atoms with Gasteiger partial charge in [0, 0.05) is 5.69 Å². The third-order valence-electron chi connectivity index (χ3n) is 4.84. The Morgan fingerprint density at radius 1 is 1.24 bits per heavy atom. The van der Waals surface area contributed by atoms with Gasteiger partial charge in [0.25, 0.3) is 5.91 Å². The predicted octanol–water partition coefficient (Wildman–Crippen LogP) is 2.91. The lowest BCUT2D eigenvalue weighted by atomic mass is 10.1. The molecule has 0 bridgehead atoms. The number of benzene rings is 2. The first-order valence-electron chi connectivity index (χ1n) is 10.2. The van der Waals surface area contributed by atoms with Crippen LogP contribution < -0.4 is 20.1 Å². The molecule has 1 fully saturated rings. The van der Waals surface area contributed by atoms with Crippen LogP contribution in [0.2, 0.25) is 5.02 Å².